The van der Waals surface area contributed by atoms with E-state index < -0.39 is 15.8 Å². The van der Waals surface area contributed by atoms with Crippen LogP contribution in [0, 0.1) is 18.7 Å². The average molecular weight is 548 g/mol. The second-order valence-corrected chi connectivity index (χ2v) is 12.3. The number of carbonyl (C=O) groups excluding carboxylic acids is 1. The Morgan fingerprint density at radius 3 is 2.65 bits per heavy atom. The first-order valence-corrected chi connectivity index (χ1v) is 14.7. The van der Waals surface area contributed by atoms with Crippen LogP contribution in [-0.2, 0) is 19.6 Å². The highest BCUT2D eigenvalue weighted by Gasteiger charge is 2.37. The number of nitrogens with zero attached hydrogens (tertiary/aromatic N) is 3. The summed E-state index contributed by atoms with van der Waals surface area (Å²) >= 11 is 1.45. The van der Waals surface area contributed by atoms with Gasteiger partial charge in [0.1, 0.15) is 22.0 Å². The molecule has 2 aromatic carbocycles. The third kappa shape index (κ3) is 5.09. The van der Waals surface area contributed by atoms with E-state index in [1.807, 2.05) is 19.1 Å². The summed E-state index contributed by atoms with van der Waals surface area (Å²) in [7, 11) is -2.37. The first kappa shape index (κ1) is 26.0. The molecule has 198 valence electrons. The lowest BCUT2D eigenvalue weighted by molar-refractivity contribution is -0.123. The molecule has 0 spiro atoms. The van der Waals surface area contributed by atoms with Crippen LogP contribution in [0.4, 0.5) is 9.52 Å². The molecule has 2 fully saturated rings. The van der Waals surface area contributed by atoms with Gasteiger partial charge in [0.2, 0.25) is 15.9 Å². The molecule has 2 aliphatic heterocycles. The number of fused-ring (bicyclic) bond motifs is 1. The largest absolute Gasteiger partial charge is 0.494 e. The van der Waals surface area contributed by atoms with E-state index in [0.717, 1.165) is 34.7 Å². The number of hydrogen-bond acceptors (Lipinski definition) is 7. The van der Waals surface area contributed by atoms with Crippen molar-refractivity contribution in [2.45, 2.75) is 43.6 Å². The van der Waals surface area contributed by atoms with Crippen molar-refractivity contribution in [2.24, 2.45) is 5.92 Å². The summed E-state index contributed by atoms with van der Waals surface area (Å²) in [5.74, 6) is -0.582. The van der Waals surface area contributed by atoms with Crippen molar-refractivity contribution in [3.8, 4) is 5.75 Å². The molecule has 1 aromatic heterocycles. The number of ether oxygens (including phenoxy) is 2. The summed E-state index contributed by atoms with van der Waals surface area (Å²) in [4.78, 5) is 20.0. The molecule has 2 saturated heterocycles. The van der Waals surface area contributed by atoms with Gasteiger partial charge in [-0.1, -0.05) is 29.5 Å². The number of rotatable bonds is 7. The number of aryl methyl sites for hydroxylation is 1. The van der Waals surface area contributed by atoms with E-state index in [9.17, 15) is 17.6 Å². The molecule has 3 aromatic rings. The molecule has 1 atom stereocenters. The van der Waals surface area contributed by atoms with Crippen molar-refractivity contribution in [3.63, 3.8) is 0 Å². The Morgan fingerprint density at radius 2 is 1.97 bits per heavy atom. The zero-order valence-corrected chi connectivity index (χ0v) is 22.5. The lowest BCUT2D eigenvalue weighted by Crippen LogP contribution is -2.46. The van der Waals surface area contributed by atoms with Crippen LogP contribution in [0.15, 0.2) is 41.3 Å². The highest BCUT2D eigenvalue weighted by atomic mass is 32.2. The summed E-state index contributed by atoms with van der Waals surface area (Å²) in [5.41, 5.74) is 1.77. The van der Waals surface area contributed by atoms with E-state index >= 15 is 0 Å². The molecular weight excluding hydrogens is 517 g/mol. The molecule has 0 bridgehead atoms. The van der Waals surface area contributed by atoms with Gasteiger partial charge in [0.15, 0.2) is 5.13 Å². The number of aromatic nitrogens is 1. The Bertz CT molecular complexity index is 1400. The van der Waals surface area contributed by atoms with E-state index in [0.29, 0.717) is 36.9 Å². The van der Waals surface area contributed by atoms with Gasteiger partial charge in [-0.2, -0.15) is 4.31 Å². The summed E-state index contributed by atoms with van der Waals surface area (Å²) < 4.78 is 53.8. The van der Waals surface area contributed by atoms with E-state index in [2.05, 4.69) is 0 Å². The standard InChI is InChI=1S/C26H30FN3O5S2/c1-17-9-10-21(34-2)23-24(17)36-26(28-23)30(16-19-6-5-15-35-19)25(31)18-11-13-29(14-12-18)37(32,33)22-8-4-3-7-20(22)27/h3-4,7-10,18-19H,5-6,11-16H2,1-2H3. The Balaban J connectivity index is 1.38. The first-order valence-electron chi connectivity index (χ1n) is 12.4. The minimum absolute atomic E-state index is 0.0690. The number of thiazole rings is 1. The van der Waals surface area contributed by atoms with Crippen LogP contribution in [-0.4, -0.2) is 63.1 Å². The fourth-order valence-corrected chi connectivity index (χ4v) is 7.59. The van der Waals surface area contributed by atoms with Crippen molar-refractivity contribution >= 4 is 42.6 Å². The van der Waals surface area contributed by atoms with Crippen LogP contribution in [0.3, 0.4) is 0 Å². The lowest BCUT2D eigenvalue weighted by atomic mass is 9.96. The van der Waals surface area contributed by atoms with Crippen LogP contribution in [0.5, 0.6) is 5.75 Å². The monoisotopic (exact) mass is 547 g/mol. The smallest absolute Gasteiger partial charge is 0.245 e. The molecule has 0 aliphatic carbocycles. The van der Waals surface area contributed by atoms with Gasteiger partial charge in [-0.15, -0.1) is 0 Å². The molecule has 37 heavy (non-hydrogen) atoms. The maximum atomic E-state index is 14.2. The van der Waals surface area contributed by atoms with Crippen molar-refractivity contribution in [1.29, 1.82) is 0 Å². The molecule has 0 N–H and O–H groups in total. The molecule has 0 radical (unpaired) electrons. The van der Waals surface area contributed by atoms with Crippen LogP contribution in [0.2, 0.25) is 0 Å². The van der Waals surface area contributed by atoms with Crippen molar-refractivity contribution < 1.29 is 27.1 Å². The third-order valence-corrected chi connectivity index (χ3v) is 10.2. The Kier molecular flexibility index (Phi) is 7.49. The Hall–Kier alpha value is -2.60. The number of sulfonamides is 1. The van der Waals surface area contributed by atoms with Gasteiger partial charge in [0, 0.05) is 25.6 Å². The number of anilines is 1. The quantitative estimate of drug-likeness (QED) is 0.437. The maximum absolute atomic E-state index is 14.2. The van der Waals surface area contributed by atoms with Crippen LogP contribution in [0.1, 0.15) is 31.2 Å². The fraction of sp³-hybridized carbons (Fsp3) is 0.462. The molecular formula is C26H30FN3O5S2. The average Bonchev–Trinajstić information content (AvgIpc) is 3.58. The second-order valence-electron chi connectivity index (χ2n) is 9.45. The summed E-state index contributed by atoms with van der Waals surface area (Å²) in [6.07, 6.45) is 2.45. The maximum Gasteiger partial charge on any atom is 0.245 e. The first-order chi connectivity index (χ1) is 17.8. The van der Waals surface area contributed by atoms with Gasteiger partial charge in [-0.05, 0) is 56.4 Å². The minimum atomic E-state index is -3.97. The van der Waals surface area contributed by atoms with Crippen LogP contribution >= 0.6 is 11.3 Å². The van der Waals surface area contributed by atoms with Gasteiger partial charge >= 0.3 is 0 Å². The highest BCUT2D eigenvalue weighted by molar-refractivity contribution is 7.89. The van der Waals surface area contributed by atoms with Crippen molar-refractivity contribution in [2.75, 3.05) is 38.3 Å². The number of benzene rings is 2. The second kappa shape index (κ2) is 10.6. The number of methoxy groups -OCH3 is 1. The van der Waals surface area contributed by atoms with Crippen LogP contribution < -0.4 is 9.64 Å². The Labute approximate surface area is 220 Å². The molecule has 0 saturated carbocycles. The molecule has 5 rings (SSSR count). The molecule has 1 unspecified atom stereocenters. The SMILES string of the molecule is COc1ccc(C)c2sc(N(CC3CCCO3)C(=O)C3CCN(S(=O)(=O)c4ccccc4F)CC3)nc12. The predicted molar refractivity (Wildman–Crippen MR) is 140 cm³/mol. The van der Waals surface area contributed by atoms with Crippen molar-refractivity contribution in [1.82, 2.24) is 9.29 Å². The van der Waals surface area contributed by atoms with Gasteiger partial charge in [-0.3, -0.25) is 9.69 Å². The number of amides is 1. The number of piperidine rings is 1. The zero-order chi connectivity index (χ0) is 26.2. The van der Waals surface area contributed by atoms with Gasteiger partial charge in [-0.25, -0.2) is 17.8 Å². The normalized spacial score (nSPS) is 19.4. The van der Waals surface area contributed by atoms with E-state index in [1.165, 1.54) is 33.8 Å². The van der Waals surface area contributed by atoms with Gasteiger partial charge in [0.05, 0.1) is 24.5 Å². The number of halogens is 1. The lowest BCUT2D eigenvalue weighted by Gasteiger charge is -2.33. The predicted octanol–water partition coefficient (Wildman–Crippen LogP) is 4.37. The summed E-state index contributed by atoms with van der Waals surface area (Å²) in [6, 6.07) is 9.22. The molecule has 3 heterocycles. The van der Waals surface area contributed by atoms with E-state index in [1.54, 1.807) is 12.0 Å². The molecule has 11 heteroatoms. The zero-order valence-electron chi connectivity index (χ0n) is 20.9. The molecule has 1 amide bonds. The molecule has 8 nitrogen and oxygen atoms in total. The van der Waals surface area contributed by atoms with Gasteiger partial charge in [0.25, 0.3) is 0 Å². The Morgan fingerprint density at radius 1 is 1.22 bits per heavy atom. The minimum Gasteiger partial charge on any atom is -0.494 e. The summed E-state index contributed by atoms with van der Waals surface area (Å²) in [5, 5.41) is 0.588. The van der Waals surface area contributed by atoms with Gasteiger partial charge < -0.3 is 9.47 Å². The highest BCUT2D eigenvalue weighted by Crippen LogP contribution is 2.38. The fourth-order valence-electron chi connectivity index (χ4n) is 4.99. The number of hydrogen-bond donors (Lipinski definition) is 0. The van der Waals surface area contributed by atoms with E-state index in [4.69, 9.17) is 14.5 Å². The van der Waals surface area contributed by atoms with Crippen LogP contribution in [0.25, 0.3) is 10.2 Å². The topological polar surface area (TPSA) is 89.0 Å². The van der Waals surface area contributed by atoms with Crippen molar-refractivity contribution in [3.05, 3.63) is 47.8 Å². The van der Waals surface area contributed by atoms with E-state index in [-0.39, 0.29) is 35.9 Å². The number of carbonyl (C=O) groups is 1. The third-order valence-electron chi connectivity index (χ3n) is 7.08. The molecule has 2 aliphatic rings. The summed E-state index contributed by atoms with van der Waals surface area (Å²) in [6.45, 7) is 3.36.